The van der Waals surface area contributed by atoms with Gasteiger partial charge in [-0.25, -0.2) is 14.4 Å². The fourth-order valence-corrected chi connectivity index (χ4v) is 3.14. The molecule has 0 unspecified atom stereocenters. The lowest BCUT2D eigenvalue weighted by molar-refractivity contribution is 0.0947. The van der Waals surface area contributed by atoms with Crippen LogP contribution >= 0.6 is 11.6 Å². The van der Waals surface area contributed by atoms with E-state index in [0.29, 0.717) is 29.0 Å². The number of carbonyl (C=O) groups is 1. The highest BCUT2D eigenvalue weighted by molar-refractivity contribution is 6.30. The third-order valence-electron chi connectivity index (χ3n) is 4.58. The number of carbonyl (C=O) groups excluding carboxylic acids is 1. The largest absolute Gasteiger partial charge is 0.363 e. The molecule has 0 saturated heterocycles. The average molecular weight is 425 g/mol. The Morgan fingerprint density at radius 3 is 2.63 bits per heavy atom. The molecule has 0 spiro atoms. The van der Waals surface area contributed by atoms with Crippen molar-refractivity contribution in [2.24, 2.45) is 0 Å². The van der Waals surface area contributed by atoms with Gasteiger partial charge in [0.05, 0.1) is 5.02 Å². The minimum Gasteiger partial charge on any atom is -0.363 e. The molecule has 30 heavy (non-hydrogen) atoms. The summed E-state index contributed by atoms with van der Waals surface area (Å²) in [5, 5.41) is 13.0. The van der Waals surface area contributed by atoms with Crippen molar-refractivity contribution in [2.75, 3.05) is 5.32 Å². The number of aromatic nitrogens is 4. The first-order valence-corrected chi connectivity index (χ1v) is 9.59. The molecule has 9 heteroatoms. The Bertz CT molecular complexity index is 1210. The van der Waals surface area contributed by atoms with Gasteiger partial charge >= 0.3 is 0 Å². The third kappa shape index (κ3) is 4.23. The van der Waals surface area contributed by atoms with Gasteiger partial charge in [-0.05, 0) is 30.2 Å². The van der Waals surface area contributed by atoms with Crippen LogP contribution in [0.4, 0.5) is 10.2 Å². The fraction of sp³-hybridized carbons (Fsp3) is 0.143. The summed E-state index contributed by atoms with van der Waals surface area (Å²) in [7, 11) is 0. The Morgan fingerprint density at radius 2 is 1.87 bits per heavy atom. The number of nitrogens with zero attached hydrogens (tertiary/aromatic N) is 3. The summed E-state index contributed by atoms with van der Waals surface area (Å²) in [6.07, 6.45) is 1.32. The molecule has 0 atom stereocenters. The van der Waals surface area contributed by atoms with Crippen LogP contribution in [0.1, 0.15) is 27.2 Å². The smallest absolute Gasteiger partial charge is 0.272 e. The molecule has 4 aromatic rings. The van der Waals surface area contributed by atoms with Gasteiger partial charge in [0.1, 0.15) is 23.2 Å². The van der Waals surface area contributed by atoms with Crippen LogP contribution in [0.3, 0.4) is 0 Å². The zero-order valence-electron chi connectivity index (χ0n) is 16.0. The predicted octanol–water partition coefficient (Wildman–Crippen LogP) is 4.00. The molecule has 0 aliphatic carbocycles. The number of aromatic amines is 1. The van der Waals surface area contributed by atoms with Gasteiger partial charge in [0.25, 0.3) is 5.91 Å². The molecule has 3 N–H and O–H groups in total. The van der Waals surface area contributed by atoms with Crippen LogP contribution in [-0.2, 0) is 13.1 Å². The number of anilines is 1. The molecule has 2 aromatic carbocycles. The van der Waals surface area contributed by atoms with Crippen molar-refractivity contribution in [3.05, 3.63) is 82.0 Å². The standard InChI is InChI=1S/C21H18ClFN6O/c1-12-2-4-13(5-3-12)9-24-20-18-17(28-29-20)19(27-11-26-18)21(30)25-10-14-6-7-16(23)15(22)8-14/h2-8,11H,9-10H2,1H3,(H,25,30)(H2,24,28,29). The molecule has 2 heterocycles. The molecule has 0 bridgehead atoms. The summed E-state index contributed by atoms with van der Waals surface area (Å²) in [4.78, 5) is 21.0. The average Bonchev–Trinajstić information content (AvgIpc) is 3.17. The zero-order chi connectivity index (χ0) is 21.1. The Balaban J connectivity index is 1.48. The number of nitrogens with one attached hydrogen (secondary N) is 3. The first-order chi connectivity index (χ1) is 14.5. The lowest BCUT2D eigenvalue weighted by Gasteiger charge is -2.06. The van der Waals surface area contributed by atoms with E-state index in [1.807, 2.05) is 31.2 Å². The lowest BCUT2D eigenvalue weighted by Crippen LogP contribution is -2.24. The van der Waals surface area contributed by atoms with E-state index >= 15 is 0 Å². The van der Waals surface area contributed by atoms with Crippen LogP contribution < -0.4 is 10.6 Å². The molecule has 0 aliphatic heterocycles. The van der Waals surface area contributed by atoms with E-state index in [4.69, 9.17) is 11.6 Å². The van der Waals surface area contributed by atoms with Crippen LogP contribution in [0, 0.1) is 12.7 Å². The van der Waals surface area contributed by atoms with Crippen molar-refractivity contribution in [3.8, 4) is 0 Å². The number of hydrogen-bond donors (Lipinski definition) is 3. The van der Waals surface area contributed by atoms with Crippen LogP contribution in [0.2, 0.25) is 5.02 Å². The number of fused-ring (bicyclic) bond motifs is 1. The van der Waals surface area contributed by atoms with Crippen molar-refractivity contribution in [2.45, 2.75) is 20.0 Å². The first-order valence-electron chi connectivity index (χ1n) is 9.22. The fourth-order valence-electron chi connectivity index (χ4n) is 2.94. The van der Waals surface area contributed by atoms with E-state index in [2.05, 4.69) is 30.8 Å². The summed E-state index contributed by atoms with van der Waals surface area (Å²) in [6.45, 7) is 2.78. The van der Waals surface area contributed by atoms with Gasteiger partial charge in [0.2, 0.25) is 0 Å². The highest BCUT2D eigenvalue weighted by Gasteiger charge is 2.17. The Kier molecular flexibility index (Phi) is 5.58. The Hall–Kier alpha value is -3.52. The van der Waals surface area contributed by atoms with Gasteiger partial charge in [-0.1, -0.05) is 47.5 Å². The topological polar surface area (TPSA) is 95.6 Å². The van der Waals surface area contributed by atoms with Crippen LogP contribution in [-0.4, -0.2) is 26.1 Å². The number of hydrogen-bond acceptors (Lipinski definition) is 5. The number of rotatable bonds is 6. The van der Waals surface area contributed by atoms with E-state index in [9.17, 15) is 9.18 Å². The minimum atomic E-state index is -0.507. The van der Waals surface area contributed by atoms with E-state index in [0.717, 1.165) is 5.56 Å². The number of halogens is 2. The van der Waals surface area contributed by atoms with Crippen molar-refractivity contribution in [1.29, 1.82) is 0 Å². The number of amides is 1. The Morgan fingerprint density at radius 1 is 1.10 bits per heavy atom. The van der Waals surface area contributed by atoms with Crippen molar-refractivity contribution in [3.63, 3.8) is 0 Å². The summed E-state index contributed by atoms with van der Waals surface area (Å²) in [5.74, 6) is -0.378. The monoisotopic (exact) mass is 424 g/mol. The number of aryl methyl sites for hydroxylation is 1. The quantitative estimate of drug-likeness (QED) is 0.435. The Labute approximate surface area is 176 Å². The molecule has 7 nitrogen and oxygen atoms in total. The van der Waals surface area contributed by atoms with Gasteiger partial charge in [-0.3, -0.25) is 9.89 Å². The number of benzene rings is 2. The minimum absolute atomic E-state index is 0.00374. The molecular formula is C21H18ClFN6O. The zero-order valence-corrected chi connectivity index (χ0v) is 16.8. The van der Waals surface area contributed by atoms with Gasteiger partial charge in [-0.2, -0.15) is 5.10 Å². The molecule has 0 fully saturated rings. The van der Waals surface area contributed by atoms with Gasteiger partial charge < -0.3 is 10.6 Å². The highest BCUT2D eigenvalue weighted by Crippen LogP contribution is 2.21. The first kappa shape index (κ1) is 19.8. The van der Waals surface area contributed by atoms with Crippen molar-refractivity contribution >= 4 is 34.4 Å². The van der Waals surface area contributed by atoms with Gasteiger partial charge in [0.15, 0.2) is 11.5 Å². The SMILES string of the molecule is Cc1ccc(CNc2n[nH]c3c(C(=O)NCc4ccc(F)c(Cl)c4)ncnc23)cc1. The second kappa shape index (κ2) is 8.46. The van der Waals surface area contributed by atoms with E-state index in [-0.39, 0.29) is 17.3 Å². The summed E-state index contributed by atoms with van der Waals surface area (Å²) < 4.78 is 13.3. The van der Waals surface area contributed by atoms with Crippen LogP contribution in [0.25, 0.3) is 11.0 Å². The molecule has 2 aromatic heterocycles. The molecule has 0 radical (unpaired) electrons. The second-order valence-corrected chi connectivity index (χ2v) is 7.20. The summed E-state index contributed by atoms with van der Waals surface area (Å²) in [6, 6.07) is 12.4. The van der Waals surface area contributed by atoms with E-state index < -0.39 is 11.7 Å². The van der Waals surface area contributed by atoms with Gasteiger partial charge in [-0.15, -0.1) is 0 Å². The molecule has 0 saturated carbocycles. The van der Waals surface area contributed by atoms with E-state index in [1.54, 1.807) is 6.07 Å². The van der Waals surface area contributed by atoms with Gasteiger partial charge in [0, 0.05) is 13.1 Å². The summed E-state index contributed by atoms with van der Waals surface area (Å²) >= 11 is 5.78. The molecular weight excluding hydrogens is 407 g/mol. The van der Waals surface area contributed by atoms with Crippen molar-refractivity contribution in [1.82, 2.24) is 25.5 Å². The van der Waals surface area contributed by atoms with Crippen LogP contribution in [0.15, 0.2) is 48.8 Å². The highest BCUT2D eigenvalue weighted by atomic mass is 35.5. The molecule has 4 rings (SSSR count). The molecule has 152 valence electrons. The maximum absolute atomic E-state index is 13.3. The third-order valence-corrected chi connectivity index (χ3v) is 4.87. The maximum atomic E-state index is 13.3. The number of H-pyrrole nitrogens is 1. The molecule has 1 amide bonds. The normalized spacial score (nSPS) is 10.9. The lowest BCUT2D eigenvalue weighted by atomic mass is 10.1. The van der Waals surface area contributed by atoms with Crippen LogP contribution in [0.5, 0.6) is 0 Å². The maximum Gasteiger partial charge on any atom is 0.272 e. The second-order valence-electron chi connectivity index (χ2n) is 6.79. The molecule has 0 aliphatic rings. The summed E-state index contributed by atoms with van der Waals surface area (Å²) in [5.41, 5.74) is 4.08. The van der Waals surface area contributed by atoms with Crippen molar-refractivity contribution < 1.29 is 9.18 Å². The van der Waals surface area contributed by atoms with E-state index in [1.165, 1.54) is 24.0 Å². The predicted molar refractivity (Wildman–Crippen MR) is 113 cm³/mol.